The normalized spacial score (nSPS) is 11.2. The van der Waals surface area contributed by atoms with Gasteiger partial charge in [-0.1, -0.05) is 24.3 Å². The summed E-state index contributed by atoms with van der Waals surface area (Å²) in [5, 5.41) is 0.982. The number of aldehydes is 1. The molecule has 1 aromatic carbocycles. The van der Waals surface area contributed by atoms with Crippen LogP contribution in [0.1, 0.15) is 23.0 Å². The van der Waals surface area contributed by atoms with Crippen molar-refractivity contribution in [3.63, 3.8) is 0 Å². The molecule has 0 saturated carbocycles. The number of allylic oxidation sites excluding steroid dienone is 1. The number of rotatable bonds is 2. The predicted octanol–water partition coefficient (Wildman–Crippen LogP) is 3.01. The molecule has 1 N–H and O–H groups in total. The second-order valence-corrected chi connectivity index (χ2v) is 3.12. The maximum Gasteiger partial charge on any atom is 0.152 e. The van der Waals surface area contributed by atoms with Crippen LogP contribution in [0.5, 0.6) is 0 Å². The first kappa shape index (κ1) is 8.75. The second-order valence-electron chi connectivity index (χ2n) is 3.12. The van der Waals surface area contributed by atoms with E-state index in [1.807, 2.05) is 43.3 Å². The summed E-state index contributed by atoms with van der Waals surface area (Å²) in [5.74, 6) is 0. The maximum absolute atomic E-state index is 10.9. The van der Waals surface area contributed by atoms with Gasteiger partial charge in [0.05, 0.1) is 0 Å². The smallest absolute Gasteiger partial charge is 0.152 e. The molecule has 0 radical (unpaired) electrons. The van der Waals surface area contributed by atoms with Gasteiger partial charge in [-0.25, -0.2) is 0 Å². The van der Waals surface area contributed by atoms with Gasteiger partial charge < -0.3 is 4.98 Å². The topological polar surface area (TPSA) is 32.9 Å². The van der Waals surface area contributed by atoms with Crippen LogP contribution in [-0.2, 0) is 0 Å². The lowest BCUT2D eigenvalue weighted by atomic mass is 10.1. The average Bonchev–Trinajstić information content (AvgIpc) is 2.55. The molecule has 0 amide bonds. The van der Waals surface area contributed by atoms with Crippen molar-refractivity contribution in [2.75, 3.05) is 0 Å². The fraction of sp³-hybridized carbons (Fsp3) is 0.0833. The minimum atomic E-state index is 0.735. The third-order valence-corrected chi connectivity index (χ3v) is 2.23. The van der Waals surface area contributed by atoms with Crippen molar-refractivity contribution in [1.82, 2.24) is 4.98 Å². The fourth-order valence-electron chi connectivity index (χ4n) is 1.61. The molecule has 0 aliphatic carbocycles. The molecule has 2 aromatic rings. The Morgan fingerprint density at radius 2 is 2.07 bits per heavy atom. The molecular weight excluding hydrogens is 174 g/mol. The Morgan fingerprint density at radius 3 is 2.79 bits per heavy atom. The van der Waals surface area contributed by atoms with Crippen LogP contribution in [-0.4, -0.2) is 11.3 Å². The number of hydrogen-bond acceptors (Lipinski definition) is 1. The molecule has 70 valence electrons. The molecular formula is C12H11NO. The zero-order chi connectivity index (χ0) is 9.97. The van der Waals surface area contributed by atoms with Crippen LogP contribution in [0.15, 0.2) is 30.3 Å². The van der Waals surface area contributed by atoms with Gasteiger partial charge in [0.2, 0.25) is 0 Å². The highest BCUT2D eigenvalue weighted by Gasteiger charge is 2.06. The third-order valence-electron chi connectivity index (χ3n) is 2.23. The number of aromatic nitrogens is 1. The number of hydrogen-bond donors (Lipinski definition) is 1. The largest absolute Gasteiger partial charge is 0.354 e. The van der Waals surface area contributed by atoms with Crippen molar-refractivity contribution < 1.29 is 4.79 Å². The number of nitrogens with one attached hydrogen (secondary N) is 1. The minimum Gasteiger partial charge on any atom is -0.354 e. The van der Waals surface area contributed by atoms with Crippen LogP contribution in [0.2, 0.25) is 0 Å². The van der Waals surface area contributed by atoms with Gasteiger partial charge in [0.15, 0.2) is 6.29 Å². The van der Waals surface area contributed by atoms with Crippen LogP contribution in [0.3, 0.4) is 0 Å². The van der Waals surface area contributed by atoms with Crippen molar-refractivity contribution >= 4 is 23.3 Å². The second kappa shape index (κ2) is 3.50. The molecule has 14 heavy (non-hydrogen) atoms. The van der Waals surface area contributed by atoms with E-state index in [0.29, 0.717) is 0 Å². The summed E-state index contributed by atoms with van der Waals surface area (Å²) in [5.41, 5.74) is 2.62. The highest BCUT2D eigenvalue weighted by molar-refractivity contribution is 6.01. The van der Waals surface area contributed by atoms with E-state index in [1.165, 1.54) is 0 Å². The van der Waals surface area contributed by atoms with E-state index in [0.717, 1.165) is 28.4 Å². The van der Waals surface area contributed by atoms with Gasteiger partial charge in [0, 0.05) is 22.2 Å². The van der Waals surface area contributed by atoms with Crippen LogP contribution < -0.4 is 0 Å². The van der Waals surface area contributed by atoms with E-state index < -0.39 is 0 Å². The highest BCUT2D eigenvalue weighted by atomic mass is 16.1. The Bertz CT molecular complexity index is 494. The van der Waals surface area contributed by atoms with E-state index in [-0.39, 0.29) is 0 Å². The van der Waals surface area contributed by atoms with Gasteiger partial charge in [-0.3, -0.25) is 4.79 Å². The van der Waals surface area contributed by atoms with E-state index in [4.69, 9.17) is 0 Å². The number of carbonyl (C=O) groups is 1. The molecule has 0 spiro atoms. The number of para-hydroxylation sites is 1. The Morgan fingerprint density at radius 1 is 1.29 bits per heavy atom. The molecule has 0 unspecified atom stereocenters. The summed E-state index contributed by atoms with van der Waals surface area (Å²) in [6.07, 6.45) is 4.72. The predicted molar refractivity (Wildman–Crippen MR) is 58.4 cm³/mol. The van der Waals surface area contributed by atoms with E-state index in [1.54, 1.807) is 0 Å². The van der Waals surface area contributed by atoms with Crippen LogP contribution in [0, 0.1) is 0 Å². The summed E-state index contributed by atoms with van der Waals surface area (Å²) < 4.78 is 0. The van der Waals surface area contributed by atoms with Gasteiger partial charge in [0.25, 0.3) is 0 Å². The van der Waals surface area contributed by atoms with Gasteiger partial charge in [0.1, 0.15) is 0 Å². The lowest BCUT2D eigenvalue weighted by Gasteiger charge is -1.88. The van der Waals surface area contributed by atoms with Crippen LogP contribution in [0.25, 0.3) is 17.0 Å². The molecule has 2 heteroatoms. The quantitative estimate of drug-likeness (QED) is 0.717. The number of fused-ring (bicyclic) bond motifs is 1. The fourth-order valence-corrected chi connectivity index (χ4v) is 1.61. The first-order chi connectivity index (χ1) is 6.86. The Kier molecular flexibility index (Phi) is 2.19. The molecule has 1 heterocycles. The summed E-state index contributed by atoms with van der Waals surface area (Å²) >= 11 is 0. The van der Waals surface area contributed by atoms with Crippen molar-refractivity contribution in [1.29, 1.82) is 0 Å². The standard InChI is InChI=1S/C12H11NO/c1-2-5-11-10(8-14)9-6-3-4-7-12(9)13-11/h2-8,13H,1H3. The Hall–Kier alpha value is -1.83. The average molecular weight is 185 g/mol. The Labute approximate surface area is 82.3 Å². The van der Waals surface area contributed by atoms with Crippen molar-refractivity contribution in [2.24, 2.45) is 0 Å². The monoisotopic (exact) mass is 185 g/mol. The SMILES string of the molecule is CC=Cc1[nH]c2ccccc2c1C=O. The van der Waals surface area contributed by atoms with Crippen LogP contribution in [0.4, 0.5) is 0 Å². The molecule has 2 rings (SSSR count). The lowest BCUT2D eigenvalue weighted by molar-refractivity contribution is 0.112. The van der Waals surface area contributed by atoms with E-state index in [9.17, 15) is 4.79 Å². The number of carbonyl (C=O) groups excluding carboxylic acids is 1. The summed E-state index contributed by atoms with van der Waals surface area (Å²) in [6.45, 7) is 1.93. The third kappa shape index (κ3) is 1.25. The van der Waals surface area contributed by atoms with E-state index in [2.05, 4.69) is 4.98 Å². The van der Waals surface area contributed by atoms with Crippen molar-refractivity contribution in [3.05, 3.63) is 41.6 Å². The molecule has 0 atom stereocenters. The van der Waals surface area contributed by atoms with Gasteiger partial charge in [-0.15, -0.1) is 0 Å². The maximum atomic E-state index is 10.9. The van der Waals surface area contributed by atoms with Crippen LogP contribution >= 0.6 is 0 Å². The van der Waals surface area contributed by atoms with Crippen molar-refractivity contribution in [2.45, 2.75) is 6.92 Å². The van der Waals surface area contributed by atoms with Gasteiger partial charge >= 0.3 is 0 Å². The zero-order valence-corrected chi connectivity index (χ0v) is 7.95. The first-order valence-corrected chi connectivity index (χ1v) is 4.55. The zero-order valence-electron chi connectivity index (χ0n) is 7.95. The molecule has 0 bridgehead atoms. The van der Waals surface area contributed by atoms with E-state index >= 15 is 0 Å². The molecule has 2 nitrogen and oxygen atoms in total. The lowest BCUT2D eigenvalue weighted by Crippen LogP contribution is -1.80. The molecule has 0 fully saturated rings. The molecule has 0 saturated heterocycles. The Balaban J connectivity index is 2.78. The molecule has 1 aromatic heterocycles. The summed E-state index contributed by atoms with van der Waals surface area (Å²) in [4.78, 5) is 14.1. The number of H-pyrrole nitrogens is 1. The first-order valence-electron chi connectivity index (χ1n) is 4.55. The minimum absolute atomic E-state index is 0.735. The summed E-state index contributed by atoms with van der Waals surface area (Å²) in [7, 11) is 0. The summed E-state index contributed by atoms with van der Waals surface area (Å²) in [6, 6.07) is 7.80. The van der Waals surface area contributed by atoms with Gasteiger partial charge in [-0.2, -0.15) is 0 Å². The number of aromatic amines is 1. The van der Waals surface area contributed by atoms with Crippen molar-refractivity contribution in [3.8, 4) is 0 Å². The molecule has 0 aliphatic rings. The highest BCUT2D eigenvalue weighted by Crippen LogP contribution is 2.21. The van der Waals surface area contributed by atoms with Gasteiger partial charge in [-0.05, 0) is 19.1 Å². The number of benzene rings is 1. The molecule has 0 aliphatic heterocycles.